The fraction of sp³-hybridized carbons (Fsp3) is 0.0714. The van der Waals surface area contributed by atoms with Crippen molar-refractivity contribution in [1.29, 1.82) is 0 Å². The molecule has 0 spiro atoms. The maximum atomic E-state index is 12.6. The monoisotopic (exact) mass is 345 g/mol. The zero-order chi connectivity index (χ0) is 17.2. The molecule has 0 radical (unpaired) electrons. The number of hydrogen-bond donors (Lipinski definition) is 0. The van der Waals surface area contributed by atoms with E-state index in [0.29, 0.717) is 18.4 Å². The summed E-state index contributed by atoms with van der Waals surface area (Å²) in [7, 11) is 0. The number of carbonyl (C=O) groups is 1. The van der Waals surface area contributed by atoms with Crippen molar-refractivity contribution in [2.75, 3.05) is 0 Å². The number of ether oxygens (including phenoxy) is 1. The third-order valence-corrected chi connectivity index (χ3v) is 3.09. The summed E-state index contributed by atoms with van der Waals surface area (Å²) in [5.74, 6) is -0.427. The molecule has 2 aromatic rings. The van der Waals surface area contributed by atoms with Crippen LogP contribution in [0.5, 0.6) is 11.5 Å². The van der Waals surface area contributed by atoms with E-state index in [1.54, 1.807) is 0 Å². The van der Waals surface area contributed by atoms with Gasteiger partial charge in [0.05, 0.1) is 15.5 Å². The fourth-order valence-electron chi connectivity index (χ4n) is 1.71. The maximum Gasteiger partial charge on any atom is 0.416 e. The quantitative estimate of drug-likeness (QED) is 0.450. The molecular weight excluding hydrogens is 339 g/mol. The van der Waals surface area contributed by atoms with Crippen LogP contribution in [0.1, 0.15) is 15.9 Å². The molecule has 0 unspecified atom stereocenters. The first-order valence-corrected chi connectivity index (χ1v) is 6.38. The second-order valence-electron chi connectivity index (χ2n) is 4.35. The number of benzene rings is 2. The lowest BCUT2D eigenvalue weighted by Crippen LogP contribution is -2.06. The molecule has 0 fully saturated rings. The van der Waals surface area contributed by atoms with E-state index in [4.69, 9.17) is 16.3 Å². The van der Waals surface area contributed by atoms with Crippen LogP contribution in [0.25, 0.3) is 0 Å². The Morgan fingerprint density at radius 2 is 1.78 bits per heavy atom. The second-order valence-corrected chi connectivity index (χ2v) is 4.75. The van der Waals surface area contributed by atoms with Gasteiger partial charge in [0.15, 0.2) is 0 Å². The van der Waals surface area contributed by atoms with Crippen LogP contribution in [-0.2, 0) is 6.18 Å². The Hall–Kier alpha value is -2.61. The Morgan fingerprint density at radius 3 is 2.30 bits per heavy atom. The minimum Gasteiger partial charge on any atom is -0.449 e. The van der Waals surface area contributed by atoms with Gasteiger partial charge in [-0.3, -0.25) is 14.9 Å². The molecule has 23 heavy (non-hydrogen) atoms. The summed E-state index contributed by atoms with van der Waals surface area (Å²) in [5.41, 5.74) is -1.77. The molecule has 0 amide bonds. The maximum absolute atomic E-state index is 12.6. The summed E-state index contributed by atoms with van der Waals surface area (Å²) >= 11 is 5.86. The highest BCUT2D eigenvalue weighted by Crippen LogP contribution is 2.39. The van der Waals surface area contributed by atoms with Crippen molar-refractivity contribution in [3.8, 4) is 11.5 Å². The van der Waals surface area contributed by atoms with E-state index in [-0.39, 0.29) is 16.3 Å². The zero-order valence-corrected chi connectivity index (χ0v) is 11.9. The van der Waals surface area contributed by atoms with Gasteiger partial charge in [-0.15, -0.1) is 0 Å². The third kappa shape index (κ3) is 3.78. The van der Waals surface area contributed by atoms with E-state index in [1.807, 2.05) is 0 Å². The van der Waals surface area contributed by atoms with E-state index in [0.717, 1.165) is 6.07 Å². The van der Waals surface area contributed by atoms with Crippen molar-refractivity contribution < 1.29 is 27.6 Å². The number of aldehydes is 1. The first-order chi connectivity index (χ1) is 10.7. The standard InChI is InChI=1S/C14H7ClF3NO4/c15-10-5-8(7-20)1-3-12(10)23-13-4-2-9(14(16,17)18)6-11(13)19(21)22/h1-7H. The molecule has 120 valence electrons. The van der Waals surface area contributed by atoms with E-state index in [9.17, 15) is 28.1 Å². The van der Waals surface area contributed by atoms with Crippen LogP contribution in [0.2, 0.25) is 5.02 Å². The van der Waals surface area contributed by atoms with Gasteiger partial charge in [-0.1, -0.05) is 11.6 Å². The molecule has 0 bridgehead atoms. The van der Waals surface area contributed by atoms with Crippen molar-refractivity contribution in [2.24, 2.45) is 0 Å². The first kappa shape index (κ1) is 16.8. The van der Waals surface area contributed by atoms with Gasteiger partial charge in [-0.25, -0.2) is 0 Å². The number of nitrogens with zero attached hydrogens (tertiary/aromatic N) is 1. The fourth-order valence-corrected chi connectivity index (χ4v) is 1.94. The van der Waals surface area contributed by atoms with Crippen LogP contribution in [-0.4, -0.2) is 11.2 Å². The zero-order valence-electron chi connectivity index (χ0n) is 11.1. The number of rotatable bonds is 4. The van der Waals surface area contributed by atoms with Crippen LogP contribution in [0, 0.1) is 10.1 Å². The molecule has 0 aliphatic heterocycles. The molecular formula is C14H7ClF3NO4. The van der Waals surface area contributed by atoms with Gasteiger partial charge in [0, 0.05) is 11.6 Å². The molecule has 0 saturated heterocycles. The summed E-state index contributed by atoms with van der Waals surface area (Å²) in [6.07, 6.45) is -4.18. The molecule has 5 nitrogen and oxygen atoms in total. The number of hydrogen-bond acceptors (Lipinski definition) is 4. The minimum absolute atomic E-state index is 0.0104. The Labute approximate surface area is 132 Å². The average molecular weight is 346 g/mol. The van der Waals surface area contributed by atoms with E-state index in [1.165, 1.54) is 18.2 Å². The van der Waals surface area contributed by atoms with Gasteiger partial charge in [0.2, 0.25) is 5.75 Å². The topological polar surface area (TPSA) is 69.4 Å². The Morgan fingerprint density at radius 1 is 1.13 bits per heavy atom. The molecule has 0 heterocycles. The average Bonchev–Trinajstić information content (AvgIpc) is 2.48. The summed E-state index contributed by atoms with van der Waals surface area (Å²) in [6, 6.07) is 5.78. The SMILES string of the molecule is O=Cc1ccc(Oc2ccc(C(F)(F)F)cc2[N+](=O)[O-])c(Cl)c1. The molecule has 0 aliphatic carbocycles. The number of nitro groups is 1. The molecule has 0 saturated carbocycles. The lowest BCUT2D eigenvalue weighted by molar-refractivity contribution is -0.385. The van der Waals surface area contributed by atoms with Crippen molar-refractivity contribution in [3.63, 3.8) is 0 Å². The van der Waals surface area contributed by atoms with Gasteiger partial charge in [0.1, 0.15) is 12.0 Å². The van der Waals surface area contributed by atoms with E-state index < -0.39 is 28.1 Å². The number of halogens is 4. The molecule has 0 aromatic heterocycles. The van der Waals surface area contributed by atoms with E-state index >= 15 is 0 Å². The molecule has 2 aromatic carbocycles. The third-order valence-electron chi connectivity index (χ3n) is 2.79. The van der Waals surface area contributed by atoms with Gasteiger partial charge in [-0.2, -0.15) is 13.2 Å². The Bertz CT molecular complexity index is 777. The summed E-state index contributed by atoms with van der Waals surface area (Å²) < 4.78 is 43.1. The van der Waals surface area contributed by atoms with Gasteiger partial charge in [-0.05, 0) is 30.3 Å². The first-order valence-electron chi connectivity index (χ1n) is 6.00. The molecule has 0 atom stereocenters. The van der Waals surface area contributed by atoms with Gasteiger partial charge >= 0.3 is 11.9 Å². The van der Waals surface area contributed by atoms with Crippen molar-refractivity contribution in [2.45, 2.75) is 6.18 Å². The smallest absolute Gasteiger partial charge is 0.416 e. The number of alkyl halides is 3. The van der Waals surface area contributed by atoms with Crippen LogP contribution < -0.4 is 4.74 Å². The summed E-state index contributed by atoms with van der Waals surface area (Å²) in [5, 5.41) is 10.9. The predicted octanol–water partition coefficient (Wildman–Crippen LogP) is 4.87. The Balaban J connectivity index is 2.44. The van der Waals surface area contributed by atoms with Gasteiger partial charge in [0.25, 0.3) is 0 Å². The lowest BCUT2D eigenvalue weighted by atomic mass is 10.2. The van der Waals surface area contributed by atoms with Crippen molar-refractivity contribution in [1.82, 2.24) is 0 Å². The lowest BCUT2D eigenvalue weighted by Gasteiger charge is -2.11. The number of nitro benzene ring substituents is 1. The van der Waals surface area contributed by atoms with Crippen LogP contribution >= 0.6 is 11.6 Å². The molecule has 0 aliphatic rings. The van der Waals surface area contributed by atoms with Gasteiger partial charge < -0.3 is 4.74 Å². The Kier molecular flexibility index (Phi) is 4.55. The van der Waals surface area contributed by atoms with E-state index in [2.05, 4.69) is 0 Å². The second kappa shape index (κ2) is 6.25. The number of carbonyl (C=O) groups excluding carboxylic acids is 1. The van der Waals surface area contributed by atoms with Crippen molar-refractivity contribution >= 4 is 23.6 Å². The molecule has 9 heteroatoms. The van der Waals surface area contributed by atoms with Crippen LogP contribution in [0.15, 0.2) is 36.4 Å². The minimum atomic E-state index is -4.72. The predicted molar refractivity (Wildman–Crippen MR) is 75.0 cm³/mol. The van der Waals surface area contributed by atoms with Crippen molar-refractivity contribution in [3.05, 3.63) is 62.7 Å². The normalized spacial score (nSPS) is 11.1. The molecule has 0 N–H and O–H groups in total. The van der Waals surface area contributed by atoms with Crippen LogP contribution in [0.3, 0.4) is 0 Å². The highest BCUT2D eigenvalue weighted by molar-refractivity contribution is 6.32. The van der Waals surface area contributed by atoms with Crippen LogP contribution in [0.4, 0.5) is 18.9 Å². The highest BCUT2D eigenvalue weighted by atomic mass is 35.5. The molecule has 2 rings (SSSR count). The largest absolute Gasteiger partial charge is 0.449 e. The summed E-state index contributed by atoms with van der Waals surface area (Å²) in [4.78, 5) is 20.6. The summed E-state index contributed by atoms with van der Waals surface area (Å²) in [6.45, 7) is 0. The highest BCUT2D eigenvalue weighted by Gasteiger charge is 2.33.